The van der Waals surface area contributed by atoms with Gasteiger partial charge < -0.3 is 44.8 Å². The monoisotopic (exact) mass is 1040 g/mol. The van der Waals surface area contributed by atoms with E-state index in [1.54, 1.807) is 12.1 Å². The number of rotatable bonds is 18. The smallest absolute Gasteiger partial charge is 0.306 e. The first-order valence-electron chi connectivity index (χ1n) is 25.7. The largest absolute Gasteiger partial charge is 0.758 e. The minimum absolute atomic E-state index is 0.0265. The van der Waals surface area contributed by atoms with Crippen LogP contribution < -0.4 is 30.2 Å². The number of piperazine rings is 1. The molecule has 2 aliphatic carbocycles. The number of nitrogens with one attached hydrogen (secondary N) is 3. The van der Waals surface area contributed by atoms with Crippen molar-refractivity contribution >= 4 is 51.2 Å². The van der Waals surface area contributed by atoms with E-state index in [1.807, 2.05) is 13.0 Å². The number of aliphatic hydroxyl groups is 1. The number of nitrogens with zero attached hydrogens (tertiary/aromatic N) is 6. The van der Waals surface area contributed by atoms with Crippen molar-refractivity contribution in [3.05, 3.63) is 94.7 Å². The Labute approximate surface area is 434 Å². The molecule has 18 nitrogen and oxygen atoms in total. The maximum absolute atomic E-state index is 14.9. The Morgan fingerprint density at radius 3 is 2.50 bits per heavy atom. The minimum Gasteiger partial charge on any atom is -0.758 e. The Balaban J connectivity index is 0.887. The number of carbonyl (C=O) groups excluding carboxylic acids is 2. The first kappa shape index (κ1) is 52.9. The summed E-state index contributed by atoms with van der Waals surface area (Å²) in [7, 11) is 4.16. The van der Waals surface area contributed by atoms with Crippen LogP contribution in [-0.4, -0.2) is 125 Å². The van der Waals surface area contributed by atoms with Gasteiger partial charge in [-0.25, -0.2) is 19.1 Å². The van der Waals surface area contributed by atoms with Crippen LogP contribution in [-0.2, 0) is 24.9 Å². The number of anilines is 3. The third-order valence-corrected chi connectivity index (χ3v) is 16.7. The Morgan fingerprint density at radius 1 is 1.03 bits per heavy atom. The zero-order valence-corrected chi connectivity index (χ0v) is 44.0. The number of amides is 1. The van der Waals surface area contributed by atoms with E-state index in [-0.39, 0.29) is 62.0 Å². The summed E-state index contributed by atoms with van der Waals surface area (Å²) in [5.41, 5.74) is 5.78. The van der Waals surface area contributed by atoms with Crippen LogP contribution in [0.3, 0.4) is 0 Å². The Bertz CT molecular complexity index is 2820. The number of hydrogen-bond donors (Lipinski definition) is 4. The lowest BCUT2D eigenvalue weighted by atomic mass is 9.59. The van der Waals surface area contributed by atoms with Gasteiger partial charge in [-0.2, -0.15) is 9.27 Å². The molecule has 398 valence electrons. The summed E-state index contributed by atoms with van der Waals surface area (Å²) in [5.74, 6) is -0.308. The molecule has 4 N–H and O–H groups in total. The molecule has 2 atom stereocenters. The zero-order chi connectivity index (χ0) is 52.3. The molecule has 1 unspecified atom stereocenters. The van der Waals surface area contributed by atoms with Crippen LogP contribution >= 0.6 is 0 Å². The fourth-order valence-electron chi connectivity index (χ4n) is 11.4. The predicted molar refractivity (Wildman–Crippen MR) is 281 cm³/mol. The number of carbonyl (C=O) groups is 2. The lowest BCUT2D eigenvalue weighted by Gasteiger charge is -2.58. The number of piperidine rings is 1. The van der Waals surface area contributed by atoms with Gasteiger partial charge in [0.2, 0.25) is 11.1 Å². The summed E-state index contributed by atoms with van der Waals surface area (Å²) in [6.45, 7) is 11.8. The van der Waals surface area contributed by atoms with Crippen LogP contribution in [0.5, 0.6) is 17.4 Å². The van der Waals surface area contributed by atoms with Crippen molar-refractivity contribution in [3.63, 3.8) is 0 Å². The standard InChI is InChI=1S/C54H69FN9O9S/c1-34(2)39-9-7-8-10-40(39)45-33-62(20-15-48(65)70-5)23-24-64(45)37-28-54(29-37)18-21-63(22-19-54)36-11-12-41(46(25-36)72-47-27-42-43(55)32-58-49(42)59-52(47)71-6)51(66)60-73-74(69)38-26-44(61(4)68)50(57-31-38)56-30-35-13-16-53(3,67)17-14-35/h7-12,25-27,31-32,34-35,37,45,67H,13-24,28-30,33H2,1-6H3,(H,56,57)(H,58,59)(H,60,66)/q-1/t35?,45-,53?,74?/m0/s1. The van der Waals surface area contributed by atoms with Gasteiger partial charge in [0.1, 0.15) is 23.0 Å². The van der Waals surface area contributed by atoms with Gasteiger partial charge in [-0.05, 0) is 112 Å². The SMILES string of the molecule is COC(=O)CCN1CCN(C2CC3(CCN(c4ccc(C(=O)NOS(=O)c5cnc(NCC6CCC(C)(O)CC6)c(N(C)[O-])c5)c(Oc5cc6c(F)c[nH]c6nc5OC)c4)CC3)C2)[C@H](c2ccccc2C(C)C)C1. The van der Waals surface area contributed by atoms with Gasteiger partial charge in [-0.3, -0.25) is 19.4 Å². The second kappa shape index (κ2) is 22.5. The third-order valence-electron chi connectivity index (χ3n) is 15.8. The molecule has 2 aliphatic heterocycles. The Hall–Kier alpha value is -5.90. The highest BCUT2D eigenvalue weighted by molar-refractivity contribution is 7.80. The van der Waals surface area contributed by atoms with Crippen molar-refractivity contribution in [2.75, 3.05) is 82.4 Å². The van der Waals surface area contributed by atoms with Gasteiger partial charge >= 0.3 is 5.97 Å². The molecule has 2 saturated carbocycles. The molecule has 0 bridgehead atoms. The number of hydrogen-bond acceptors (Lipinski definition) is 16. The molecule has 1 spiro atoms. The van der Waals surface area contributed by atoms with E-state index in [0.29, 0.717) is 61.1 Å². The van der Waals surface area contributed by atoms with E-state index < -0.39 is 28.4 Å². The molecule has 0 radical (unpaired) electrons. The number of halogens is 1. The summed E-state index contributed by atoms with van der Waals surface area (Å²) in [6.07, 6.45) is 10.1. The second-order valence-electron chi connectivity index (χ2n) is 21.1. The number of aromatic amines is 1. The first-order valence-corrected chi connectivity index (χ1v) is 26.8. The van der Waals surface area contributed by atoms with Crippen molar-refractivity contribution in [1.29, 1.82) is 0 Å². The summed E-state index contributed by atoms with van der Waals surface area (Å²) in [6, 6.07) is 17.5. The molecule has 2 saturated heterocycles. The molecule has 74 heavy (non-hydrogen) atoms. The Kier molecular flexibility index (Phi) is 16.1. The number of pyridine rings is 2. The minimum atomic E-state index is -2.29. The van der Waals surface area contributed by atoms with E-state index in [1.165, 1.54) is 56.9 Å². The molecule has 2 aromatic carbocycles. The zero-order valence-electron chi connectivity index (χ0n) is 43.2. The van der Waals surface area contributed by atoms with Crippen molar-refractivity contribution in [2.45, 2.75) is 107 Å². The number of benzene rings is 2. The second-order valence-corrected chi connectivity index (χ2v) is 22.2. The summed E-state index contributed by atoms with van der Waals surface area (Å²) >= 11 is -2.29. The van der Waals surface area contributed by atoms with E-state index in [9.17, 15) is 28.5 Å². The first-order chi connectivity index (χ1) is 35.5. The maximum atomic E-state index is 14.9. The van der Waals surface area contributed by atoms with Gasteiger partial charge in [-0.15, -0.1) is 0 Å². The maximum Gasteiger partial charge on any atom is 0.306 e. The number of esters is 1. The summed E-state index contributed by atoms with van der Waals surface area (Å²) in [5, 5.41) is 27.0. The summed E-state index contributed by atoms with van der Waals surface area (Å²) < 4.78 is 50.7. The molecule has 20 heteroatoms. The highest BCUT2D eigenvalue weighted by Gasteiger charge is 2.50. The lowest BCUT2D eigenvalue weighted by molar-refractivity contribution is -0.141. The quantitative estimate of drug-likeness (QED) is 0.0480. The van der Waals surface area contributed by atoms with Gasteiger partial charge in [0, 0.05) is 88.1 Å². The van der Waals surface area contributed by atoms with Gasteiger partial charge in [0.25, 0.3) is 11.8 Å². The van der Waals surface area contributed by atoms with Gasteiger partial charge in [0.15, 0.2) is 5.75 Å². The van der Waals surface area contributed by atoms with E-state index in [4.69, 9.17) is 18.5 Å². The van der Waals surface area contributed by atoms with E-state index in [2.05, 4.69) is 78.6 Å². The number of fused-ring (bicyclic) bond motifs is 1. The van der Waals surface area contributed by atoms with Crippen LogP contribution in [0.1, 0.15) is 112 Å². The molecule has 9 rings (SSSR count). The molecule has 4 fully saturated rings. The fourth-order valence-corrected chi connectivity index (χ4v) is 12.0. The van der Waals surface area contributed by atoms with E-state index in [0.717, 1.165) is 76.9 Å². The molecule has 5 aromatic rings. The molecule has 3 aromatic heterocycles. The van der Waals surface area contributed by atoms with Gasteiger partial charge in [0.05, 0.1) is 47.8 Å². The topological polar surface area (TPSA) is 210 Å². The van der Waals surface area contributed by atoms with Crippen LogP contribution in [0.25, 0.3) is 11.0 Å². The van der Waals surface area contributed by atoms with Gasteiger partial charge in [-0.1, -0.05) is 38.1 Å². The number of H-pyrrole nitrogens is 1. The Morgan fingerprint density at radius 2 is 1.78 bits per heavy atom. The van der Waals surface area contributed by atoms with Crippen molar-refractivity contribution in [3.8, 4) is 17.4 Å². The highest BCUT2D eigenvalue weighted by atomic mass is 32.2. The fraction of sp³-hybridized carbons (Fsp3) is 0.519. The predicted octanol–water partition coefficient (Wildman–Crippen LogP) is 8.36. The summed E-state index contributed by atoms with van der Waals surface area (Å²) in [4.78, 5) is 45.1. The van der Waals surface area contributed by atoms with Crippen LogP contribution in [0.15, 0.2) is 71.9 Å². The van der Waals surface area contributed by atoms with Crippen LogP contribution in [0, 0.1) is 22.4 Å². The number of methoxy groups -OCH3 is 2. The number of hydroxylamine groups is 2. The molecule has 1 amide bonds. The number of ether oxygens (including phenoxy) is 3. The molecular weight excluding hydrogens is 970 g/mol. The van der Waals surface area contributed by atoms with E-state index >= 15 is 0 Å². The normalized spacial score (nSPS) is 21.8. The van der Waals surface area contributed by atoms with Crippen LogP contribution in [0.2, 0.25) is 0 Å². The average molecular weight is 1040 g/mol. The molecule has 4 aliphatic rings. The van der Waals surface area contributed by atoms with Crippen molar-refractivity contribution in [1.82, 2.24) is 30.2 Å². The average Bonchev–Trinajstić information content (AvgIpc) is 3.76. The molecular formula is C54H69FN9O9S-. The lowest BCUT2D eigenvalue weighted by Crippen LogP contribution is -2.60. The van der Waals surface area contributed by atoms with Crippen molar-refractivity contribution in [2.24, 2.45) is 11.3 Å². The highest BCUT2D eigenvalue weighted by Crippen LogP contribution is 2.53. The van der Waals surface area contributed by atoms with Crippen molar-refractivity contribution < 1.29 is 41.8 Å². The third kappa shape index (κ3) is 11.8. The van der Waals surface area contributed by atoms with Crippen LogP contribution in [0.4, 0.5) is 21.6 Å². The number of aromatic nitrogens is 3. The molecule has 5 heterocycles.